The summed E-state index contributed by atoms with van der Waals surface area (Å²) in [5.41, 5.74) is 2.94. The molecule has 0 unspecified atom stereocenters. The number of carbonyl (C=O) groups excluding carboxylic acids is 1. The van der Waals surface area contributed by atoms with Gasteiger partial charge in [0.2, 0.25) is 5.91 Å². The van der Waals surface area contributed by atoms with Crippen molar-refractivity contribution in [2.75, 3.05) is 23.3 Å². The van der Waals surface area contributed by atoms with Crippen molar-refractivity contribution in [2.45, 2.75) is 19.8 Å². The van der Waals surface area contributed by atoms with Crippen LogP contribution in [0.1, 0.15) is 18.4 Å². The van der Waals surface area contributed by atoms with Gasteiger partial charge in [-0.05, 0) is 43.3 Å². The average molecular weight is 289 g/mol. The molecule has 1 heterocycles. The van der Waals surface area contributed by atoms with Crippen LogP contribution in [0, 0.1) is 6.92 Å². The summed E-state index contributed by atoms with van der Waals surface area (Å²) in [6.45, 7) is 7.06. The van der Waals surface area contributed by atoms with E-state index in [2.05, 4.69) is 17.2 Å². The lowest BCUT2D eigenvalue weighted by molar-refractivity contribution is -0.117. The Hall–Kier alpha value is -1.88. The summed E-state index contributed by atoms with van der Waals surface area (Å²) >= 11 is 5.19. The molecule has 2 rings (SSSR count). The van der Waals surface area contributed by atoms with E-state index in [1.165, 1.54) is 0 Å². The van der Waals surface area contributed by atoms with Gasteiger partial charge in [-0.1, -0.05) is 12.1 Å². The maximum absolute atomic E-state index is 11.9. The zero-order chi connectivity index (χ0) is 14.5. The maximum Gasteiger partial charge on any atom is 0.227 e. The van der Waals surface area contributed by atoms with Gasteiger partial charge in [-0.3, -0.25) is 4.79 Å². The van der Waals surface area contributed by atoms with Crippen LogP contribution in [0.4, 0.5) is 11.4 Å². The first-order valence-corrected chi connectivity index (χ1v) is 7.09. The van der Waals surface area contributed by atoms with Crippen molar-refractivity contribution in [3.63, 3.8) is 0 Å². The third kappa shape index (κ3) is 3.36. The van der Waals surface area contributed by atoms with Gasteiger partial charge in [0, 0.05) is 30.9 Å². The van der Waals surface area contributed by atoms with Gasteiger partial charge in [0.1, 0.15) is 0 Å². The number of thiocarbonyl (C=S) groups is 1. The molecule has 5 heteroatoms. The first-order valence-electron chi connectivity index (χ1n) is 6.68. The lowest BCUT2D eigenvalue weighted by Crippen LogP contribution is -2.29. The number of carbonyl (C=O) groups is 1. The maximum atomic E-state index is 11.9. The highest BCUT2D eigenvalue weighted by Crippen LogP contribution is 2.28. The normalized spacial score (nSPS) is 14.2. The number of hydrogen-bond donors (Lipinski definition) is 2. The largest absolute Gasteiger partial charge is 0.359 e. The highest BCUT2D eigenvalue weighted by Gasteiger charge is 2.23. The van der Waals surface area contributed by atoms with Crippen molar-refractivity contribution in [2.24, 2.45) is 0 Å². The minimum atomic E-state index is 0.192. The van der Waals surface area contributed by atoms with E-state index in [1.807, 2.05) is 30.0 Å². The van der Waals surface area contributed by atoms with Gasteiger partial charge in [0.25, 0.3) is 0 Å². The third-order valence-corrected chi connectivity index (χ3v) is 3.48. The van der Waals surface area contributed by atoms with Crippen molar-refractivity contribution in [1.29, 1.82) is 0 Å². The fourth-order valence-corrected chi connectivity index (χ4v) is 2.42. The number of hydrogen-bond acceptors (Lipinski definition) is 2. The second-order valence-corrected chi connectivity index (χ2v) is 5.18. The van der Waals surface area contributed by atoms with Crippen LogP contribution in [0.3, 0.4) is 0 Å². The number of nitrogens with one attached hydrogen (secondary N) is 2. The second-order valence-electron chi connectivity index (χ2n) is 4.77. The Kier molecular flexibility index (Phi) is 4.74. The van der Waals surface area contributed by atoms with E-state index in [0.29, 0.717) is 18.1 Å². The fourth-order valence-electron chi connectivity index (χ4n) is 2.22. The van der Waals surface area contributed by atoms with E-state index in [4.69, 9.17) is 12.2 Å². The highest BCUT2D eigenvalue weighted by molar-refractivity contribution is 7.80. The Morgan fingerprint density at radius 2 is 2.35 bits per heavy atom. The highest BCUT2D eigenvalue weighted by atomic mass is 32.1. The van der Waals surface area contributed by atoms with Gasteiger partial charge >= 0.3 is 0 Å². The number of amides is 1. The van der Waals surface area contributed by atoms with Gasteiger partial charge in [0.15, 0.2) is 5.11 Å². The van der Waals surface area contributed by atoms with Crippen LogP contribution in [0.2, 0.25) is 0 Å². The number of aryl methyl sites for hydroxylation is 1. The summed E-state index contributed by atoms with van der Waals surface area (Å²) in [7, 11) is 0. The van der Waals surface area contributed by atoms with Crippen LogP contribution in [0.15, 0.2) is 30.9 Å². The quantitative estimate of drug-likeness (QED) is 0.660. The molecule has 0 radical (unpaired) electrons. The van der Waals surface area contributed by atoms with Crippen molar-refractivity contribution >= 4 is 34.6 Å². The predicted molar refractivity (Wildman–Crippen MR) is 87.2 cm³/mol. The summed E-state index contributed by atoms with van der Waals surface area (Å²) in [6.07, 6.45) is 3.31. The number of rotatable bonds is 4. The van der Waals surface area contributed by atoms with Gasteiger partial charge in [0.05, 0.1) is 0 Å². The van der Waals surface area contributed by atoms with Crippen molar-refractivity contribution in [3.05, 3.63) is 36.4 Å². The van der Waals surface area contributed by atoms with Gasteiger partial charge in [-0.2, -0.15) is 0 Å². The van der Waals surface area contributed by atoms with Gasteiger partial charge < -0.3 is 15.5 Å². The first-order chi connectivity index (χ1) is 9.61. The molecule has 1 aliphatic rings. The van der Waals surface area contributed by atoms with Gasteiger partial charge in [-0.25, -0.2) is 0 Å². The van der Waals surface area contributed by atoms with E-state index >= 15 is 0 Å². The Morgan fingerprint density at radius 3 is 3.00 bits per heavy atom. The zero-order valence-electron chi connectivity index (χ0n) is 11.6. The van der Waals surface area contributed by atoms with Crippen LogP contribution >= 0.6 is 12.2 Å². The molecule has 4 nitrogen and oxygen atoms in total. The minimum Gasteiger partial charge on any atom is -0.359 e. The number of benzene rings is 1. The monoisotopic (exact) mass is 289 g/mol. The summed E-state index contributed by atoms with van der Waals surface area (Å²) in [5, 5.41) is 6.68. The van der Waals surface area contributed by atoms with Crippen LogP contribution in [0.25, 0.3) is 0 Å². The molecule has 1 fully saturated rings. The average Bonchev–Trinajstić information content (AvgIpc) is 2.85. The first kappa shape index (κ1) is 14.5. The molecule has 20 heavy (non-hydrogen) atoms. The molecule has 0 atom stereocenters. The summed E-state index contributed by atoms with van der Waals surface area (Å²) < 4.78 is 0. The van der Waals surface area contributed by atoms with Crippen LogP contribution in [0.5, 0.6) is 0 Å². The number of anilines is 2. The molecule has 0 aliphatic carbocycles. The van der Waals surface area contributed by atoms with Crippen LogP contribution < -0.4 is 15.5 Å². The van der Waals surface area contributed by atoms with E-state index in [1.54, 1.807) is 6.08 Å². The van der Waals surface area contributed by atoms with Crippen LogP contribution in [-0.2, 0) is 4.79 Å². The molecule has 1 aromatic carbocycles. The summed E-state index contributed by atoms with van der Waals surface area (Å²) in [5.74, 6) is 0.192. The SMILES string of the molecule is C=CCNC(=S)Nc1ccc(C)c(N2CCCC2=O)c1. The summed E-state index contributed by atoms with van der Waals surface area (Å²) in [4.78, 5) is 13.7. The lowest BCUT2D eigenvalue weighted by Gasteiger charge is -2.20. The fraction of sp³-hybridized carbons (Fsp3) is 0.333. The van der Waals surface area contributed by atoms with E-state index in [0.717, 1.165) is 29.9 Å². The molecular formula is C15H19N3OS. The Bertz CT molecular complexity index is 542. The molecule has 1 saturated heterocycles. The second kappa shape index (κ2) is 6.52. The molecule has 0 saturated carbocycles. The molecule has 0 aromatic heterocycles. The van der Waals surface area contributed by atoms with Crippen molar-refractivity contribution in [1.82, 2.24) is 5.32 Å². The molecule has 2 N–H and O–H groups in total. The molecule has 0 spiro atoms. The topological polar surface area (TPSA) is 44.4 Å². The van der Waals surface area contributed by atoms with E-state index in [-0.39, 0.29) is 5.91 Å². The van der Waals surface area contributed by atoms with Crippen molar-refractivity contribution in [3.8, 4) is 0 Å². The Labute approximate surface area is 124 Å². The smallest absolute Gasteiger partial charge is 0.227 e. The van der Waals surface area contributed by atoms with E-state index < -0.39 is 0 Å². The van der Waals surface area contributed by atoms with Crippen LogP contribution in [-0.4, -0.2) is 24.1 Å². The summed E-state index contributed by atoms with van der Waals surface area (Å²) in [6, 6.07) is 5.93. The Balaban J connectivity index is 2.14. The lowest BCUT2D eigenvalue weighted by atomic mass is 10.1. The number of nitrogens with zero attached hydrogens (tertiary/aromatic N) is 1. The molecule has 106 valence electrons. The zero-order valence-corrected chi connectivity index (χ0v) is 12.4. The van der Waals surface area contributed by atoms with Gasteiger partial charge in [-0.15, -0.1) is 6.58 Å². The molecule has 0 bridgehead atoms. The molecule has 1 aliphatic heterocycles. The standard InChI is InChI=1S/C15H19N3OS/c1-3-8-16-15(20)17-12-7-6-11(2)13(10-12)18-9-4-5-14(18)19/h3,6-7,10H,1,4-5,8-9H2,2H3,(H2,16,17,20). The molecular weight excluding hydrogens is 270 g/mol. The third-order valence-electron chi connectivity index (χ3n) is 3.24. The van der Waals surface area contributed by atoms with E-state index in [9.17, 15) is 4.79 Å². The molecule has 1 amide bonds. The predicted octanol–water partition coefficient (Wildman–Crippen LogP) is 2.59. The minimum absolute atomic E-state index is 0.192. The van der Waals surface area contributed by atoms with Crippen molar-refractivity contribution < 1.29 is 4.79 Å². The Morgan fingerprint density at radius 1 is 1.55 bits per heavy atom. The molecule has 1 aromatic rings.